The largest absolute Gasteiger partial charge is 0.460 e. The van der Waals surface area contributed by atoms with Crippen molar-refractivity contribution < 1.29 is 19.1 Å². The molecule has 0 heterocycles. The molecule has 5 aliphatic carbocycles. The second-order valence-corrected chi connectivity index (χ2v) is 18.5. The Bertz CT molecular complexity index is 1580. The molecule has 9 atom stereocenters. The van der Waals surface area contributed by atoms with E-state index in [2.05, 4.69) is 84.9 Å². The number of hydrogen-bond acceptors (Lipinski definition) is 4. The van der Waals surface area contributed by atoms with E-state index >= 15 is 0 Å². The van der Waals surface area contributed by atoms with Gasteiger partial charge in [-0.15, -0.1) is 0 Å². The lowest BCUT2D eigenvalue weighted by Crippen LogP contribution is -2.66. The Morgan fingerprint density at radius 3 is 2.04 bits per heavy atom. The third-order valence-electron chi connectivity index (χ3n) is 15.5. The summed E-state index contributed by atoms with van der Waals surface area (Å²) in [6, 6.07) is 20.5. The number of carbonyl (C=O) groups is 2. The number of benzene rings is 2. The molecule has 0 amide bonds. The molecule has 0 aromatic heterocycles. The van der Waals surface area contributed by atoms with Crippen LogP contribution in [0.25, 0.3) is 0 Å². The number of fused-ring (bicyclic) bond motifs is 7. The SMILES string of the molecule is CC1(C)C2CC[C@]3(C)[C@H](C(=O)C=C4[C@@H]5C[C@@](C)(C(=O)OCc6ccccc6)CC[C@]5(C)CC[C@]43C)[C@@]2(C)CC[C@@H]1OCc1ccccc1. The fourth-order valence-corrected chi connectivity index (χ4v) is 12.3. The summed E-state index contributed by atoms with van der Waals surface area (Å²) in [7, 11) is 0. The van der Waals surface area contributed by atoms with Crippen LogP contribution in [0.1, 0.15) is 117 Å². The predicted octanol–water partition coefficient (Wildman–Crippen LogP) is 10.3. The molecule has 4 nitrogen and oxygen atoms in total. The molecule has 0 spiro atoms. The summed E-state index contributed by atoms with van der Waals surface area (Å²) < 4.78 is 12.7. The first-order chi connectivity index (χ1) is 22.7. The van der Waals surface area contributed by atoms with Crippen LogP contribution < -0.4 is 0 Å². The van der Waals surface area contributed by atoms with Crippen LogP contribution >= 0.6 is 0 Å². The second kappa shape index (κ2) is 11.7. The molecule has 0 aliphatic heterocycles. The van der Waals surface area contributed by atoms with Gasteiger partial charge in [0.1, 0.15) is 6.61 Å². The fraction of sp³-hybridized carbons (Fsp3) is 0.636. The van der Waals surface area contributed by atoms with Crippen molar-refractivity contribution in [2.24, 2.45) is 50.2 Å². The standard InChI is InChI=1S/C44H58O4/c1-39(2)35-18-21-44(7)37(42(35,5)20-19-36(39)47-28-30-14-10-8-11-15-30)34(45)26-32-33-27-41(4,23-22-40(33,3)24-25-43(32,44)6)38(46)48-29-31-16-12-9-13-17-31/h8-17,26,33,35-37H,18-25,27-29H2,1-7H3/t33-,35?,36-,37+,40+,41-,42-,43+,44+/m0/s1. The molecule has 4 saturated carbocycles. The molecule has 2 aromatic rings. The van der Waals surface area contributed by atoms with E-state index in [1.807, 2.05) is 30.3 Å². The average Bonchev–Trinajstić information content (AvgIpc) is 3.05. The second-order valence-electron chi connectivity index (χ2n) is 18.5. The summed E-state index contributed by atoms with van der Waals surface area (Å²) in [5.74, 6) is 0.896. The highest BCUT2D eigenvalue weighted by Crippen LogP contribution is 2.75. The van der Waals surface area contributed by atoms with E-state index in [9.17, 15) is 9.59 Å². The Balaban J connectivity index is 1.16. The van der Waals surface area contributed by atoms with Crippen LogP contribution in [0.5, 0.6) is 0 Å². The maximum absolute atomic E-state index is 14.8. The van der Waals surface area contributed by atoms with Gasteiger partial charge < -0.3 is 9.47 Å². The van der Waals surface area contributed by atoms with Crippen molar-refractivity contribution in [3.63, 3.8) is 0 Å². The van der Waals surface area contributed by atoms with Crippen LogP contribution in [-0.2, 0) is 32.3 Å². The summed E-state index contributed by atoms with van der Waals surface area (Å²) in [5, 5.41) is 0. The van der Waals surface area contributed by atoms with Crippen molar-refractivity contribution in [2.45, 2.75) is 126 Å². The van der Waals surface area contributed by atoms with E-state index < -0.39 is 5.41 Å². The molecule has 48 heavy (non-hydrogen) atoms. The Morgan fingerprint density at radius 2 is 1.38 bits per heavy atom. The Kier molecular flexibility index (Phi) is 8.21. The normalized spacial score (nSPS) is 41.6. The van der Waals surface area contributed by atoms with E-state index in [4.69, 9.17) is 9.47 Å². The summed E-state index contributed by atoms with van der Waals surface area (Å²) in [5.41, 5.74) is 2.86. The van der Waals surface area contributed by atoms with E-state index in [1.165, 1.54) is 11.1 Å². The number of rotatable bonds is 6. The monoisotopic (exact) mass is 650 g/mol. The number of ketones is 1. The van der Waals surface area contributed by atoms with Gasteiger partial charge in [0.15, 0.2) is 5.78 Å². The molecule has 0 bridgehead atoms. The van der Waals surface area contributed by atoms with E-state index in [-0.39, 0.29) is 51.0 Å². The smallest absolute Gasteiger partial charge is 0.312 e. The maximum atomic E-state index is 14.8. The first kappa shape index (κ1) is 33.8. The quantitative estimate of drug-likeness (QED) is 0.292. The van der Waals surface area contributed by atoms with Crippen LogP contribution in [0.3, 0.4) is 0 Å². The summed E-state index contributed by atoms with van der Waals surface area (Å²) in [6.45, 7) is 17.8. The molecule has 1 unspecified atom stereocenters. The van der Waals surface area contributed by atoms with Gasteiger partial charge in [-0.3, -0.25) is 9.59 Å². The van der Waals surface area contributed by atoms with Crippen molar-refractivity contribution in [2.75, 3.05) is 0 Å². The van der Waals surface area contributed by atoms with Gasteiger partial charge in [0.05, 0.1) is 18.1 Å². The molecule has 0 saturated heterocycles. The molecular weight excluding hydrogens is 592 g/mol. The van der Waals surface area contributed by atoms with E-state index in [0.717, 1.165) is 63.4 Å². The lowest BCUT2D eigenvalue weighted by molar-refractivity contribution is -0.211. The lowest BCUT2D eigenvalue weighted by Gasteiger charge is -2.70. The summed E-state index contributed by atoms with van der Waals surface area (Å²) >= 11 is 0. The van der Waals surface area contributed by atoms with Gasteiger partial charge in [-0.25, -0.2) is 0 Å². The average molecular weight is 651 g/mol. The molecule has 258 valence electrons. The minimum atomic E-state index is -0.551. The van der Waals surface area contributed by atoms with E-state index in [0.29, 0.717) is 24.9 Å². The number of allylic oxidation sites excluding steroid dienone is 2. The Labute approximate surface area is 289 Å². The first-order valence-electron chi connectivity index (χ1n) is 18.8. The Morgan fingerprint density at radius 1 is 0.750 bits per heavy atom. The molecule has 4 fully saturated rings. The fourth-order valence-electron chi connectivity index (χ4n) is 12.3. The highest BCUT2D eigenvalue weighted by molar-refractivity contribution is 5.95. The molecule has 4 heteroatoms. The zero-order valence-electron chi connectivity index (χ0n) is 30.6. The molecular formula is C44H58O4. The van der Waals surface area contributed by atoms with E-state index in [1.54, 1.807) is 0 Å². The van der Waals surface area contributed by atoms with Crippen LogP contribution in [0.2, 0.25) is 0 Å². The van der Waals surface area contributed by atoms with Gasteiger partial charge in [0.2, 0.25) is 0 Å². The van der Waals surface area contributed by atoms with Crippen LogP contribution in [0.4, 0.5) is 0 Å². The zero-order valence-corrected chi connectivity index (χ0v) is 30.6. The van der Waals surface area contributed by atoms with Gasteiger partial charge in [-0.2, -0.15) is 0 Å². The minimum Gasteiger partial charge on any atom is -0.460 e. The number of esters is 1. The molecule has 0 radical (unpaired) electrons. The van der Waals surface area contributed by atoms with Crippen molar-refractivity contribution in [1.29, 1.82) is 0 Å². The van der Waals surface area contributed by atoms with Crippen molar-refractivity contribution in [1.82, 2.24) is 0 Å². The summed E-state index contributed by atoms with van der Waals surface area (Å²) in [6.07, 6.45) is 11.4. The number of ether oxygens (including phenoxy) is 2. The van der Waals surface area contributed by atoms with Crippen molar-refractivity contribution in [3.8, 4) is 0 Å². The van der Waals surface area contributed by atoms with Crippen LogP contribution in [0.15, 0.2) is 72.3 Å². The summed E-state index contributed by atoms with van der Waals surface area (Å²) in [4.78, 5) is 28.6. The maximum Gasteiger partial charge on any atom is 0.312 e. The number of hydrogen-bond donors (Lipinski definition) is 0. The predicted molar refractivity (Wildman–Crippen MR) is 191 cm³/mol. The van der Waals surface area contributed by atoms with Crippen LogP contribution in [0, 0.1) is 50.2 Å². The highest BCUT2D eigenvalue weighted by Gasteiger charge is 2.70. The van der Waals surface area contributed by atoms with Gasteiger partial charge in [-0.05, 0) is 121 Å². The molecule has 5 aliphatic rings. The lowest BCUT2D eigenvalue weighted by atomic mass is 9.33. The van der Waals surface area contributed by atoms with Gasteiger partial charge in [0, 0.05) is 5.92 Å². The van der Waals surface area contributed by atoms with Crippen molar-refractivity contribution >= 4 is 11.8 Å². The third kappa shape index (κ3) is 5.09. The van der Waals surface area contributed by atoms with Gasteiger partial charge >= 0.3 is 5.97 Å². The minimum absolute atomic E-state index is 0.00187. The first-order valence-corrected chi connectivity index (χ1v) is 18.8. The van der Waals surface area contributed by atoms with Crippen LogP contribution in [-0.4, -0.2) is 17.9 Å². The number of carbonyl (C=O) groups excluding carboxylic acids is 2. The topological polar surface area (TPSA) is 52.6 Å². The molecule has 0 N–H and O–H groups in total. The Hall–Kier alpha value is -2.72. The molecule has 7 rings (SSSR count). The highest BCUT2D eigenvalue weighted by atomic mass is 16.5. The zero-order chi connectivity index (χ0) is 34.2. The van der Waals surface area contributed by atoms with Crippen molar-refractivity contribution in [3.05, 3.63) is 83.4 Å². The molecule has 2 aromatic carbocycles. The third-order valence-corrected chi connectivity index (χ3v) is 15.5. The van der Waals surface area contributed by atoms with Gasteiger partial charge in [-0.1, -0.05) is 108 Å². The van der Waals surface area contributed by atoms with Gasteiger partial charge in [0.25, 0.3) is 0 Å².